The molecule has 12 nitrogen and oxygen atoms in total. The standard InChI is InChI=1S/C35H48N4O8/c1-23(2)20-28(38-33(43)47-35(3,4)5)31(41)37-29(32(42)45-6)21-25-12-14-27(15-13-25)46-34(44)39-18-16-26(17-19-39)36-30(40)22-24-10-8-7-9-11-24/h7-15,23,26,28-29H,16-22H2,1-6H3,(H,36,40)(H,37,41)(H,38,43)/t28-,29-/m0/s1. The number of amides is 4. The van der Waals surface area contributed by atoms with Gasteiger partial charge in [-0.2, -0.15) is 0 Å². The van der Waals surface area contributed by atoms with Gasteiger partial charge in [0, 0.05) is 25.6 Å². The monoisotopic (exact) mass is 652 g/mol. The summed E-state index contributed by atoms with van der Waals surface area (Å²) in [4.78, 5) is 65.0. The van der Waals surface area contributed by atoms with Crippen LogP contribution < -0.4 is 20.7 Å². The van der Waals surface area contributed by atoms with E-state index in [1.807, 2.05) is 44.2 Å². The molecule has 0 aliphatic carbocycles. The molecule has 12 heteroatoms. The van der Waals surface area contributed by atoms with E-state index >= 15 is 0 Å². The maximum absolute atomic E-state index is 13.2. The Kier molecular flexibility index (Phi) is 13.6. The quantitative estimate of drug-likeness (QED) is 0.289. The van der Waals surface area contributed by atoms with Crippen molar-refractivity contribution in [3.8, 4) is 5.75 Å². The Morgan fingerprint density at radius 2 is 1.51 bits per heavy atom. The summed E-state index contributed by atoms with van der Waals surface area (Å²) in [5, 5.41) is 8.36. The molecule has 1 fully saturated rings. The molecule has 1 aliphatic heterocycles. The summed E-state index contributed by atoms with van der Waals surface area (Å²) in [6.45, 7) is 9.91. The number of ether oxygens (including phenoxy) is 3. The summed E-state index contributed by atoms with van der Waals surface area (Å²) < 4.78 is 15.8. The zero-order chi connectivity index (χ0) is 34.6. The number of carbonyl (C=O) groups excluding carboxylic acids is 5. The summed E-state index contributed by atoms with van der Waals surface area (Å²) in [5.74, 6) is -0.822. The van der Waals surface area contributed by atoms with Gasteiger partial charge in [0.2, 0.25) is 11.8 Å². The first-order valence-electron chi connectivity index (χ1n) is 16.0. The first-order chi connectivity index (χ1) is 22.2. The first-order valence-corrected chi connectivity index (χ1v) is 16.0. The Labute approximate surface area is 276 Å². The molecule has 4 amide bonds. The lowest BCUT2D eigenvalue weighted by Crippen LogP contribution is -2.53. The molecule has 2 aromatic rings. The van der Waals surface area contributed by atoms with E-state index < -0.39 is 41.7 Å². The minimum atomic E-state index is -1.02. The lowest BCUT2D eigenvalue weighted by atomic mass is 10.0. The summed E-state index contributed by atoms with van der Waals surface area (Å²) in [5.41, 5.74) is 0.898. The Bertz CT molecular complexity index is 1350. The molecule has 1 aliphatic rings. The van der Waals surface area contributed by atoms with Gasteiger partial charge in [0.25, 0.3) is 0 Å². The van der Waals surface area contributed by atoms with Gasteiger partial charge in [0.1, 0.15) is 23.4 Å². The second-order valence-corrected chi connectivity index (χ2v) is 13.1. The number of likely N-dealkylation sites (tertiary alicyclic amines) is 1. The van der Waals surface area contributed by atoms with Crippen molar-refractivity contribution in [2.75, 3.05) is 20.2 Å². The van der Waals surface area contributed by atoms with Crippen LogP contribution in [0.5, 0.6) is 5.75 Å². The molecule has 3 N–H and O–H groups in total. The Morgan fingerprint density at radius 3 is 2.09 bits per heavy atom. The normalized spacial score (nSPS) is 14.8. The molecule has 0 radical (unpaired) electrons. The maximum Gasteiger partial charge on any atom is 0.415 e. The largest absolute Gasteiger partial charge is 0.467 e. The molecule has 2 aromatic carbocycles. The number of hydrogen-bond donors (Lipinski definition) is 3. The topological polar surface area (TPSA) is 152 Å². The van der Waals surface area contributed by atoms with Crippen LogP contribution in [-0.4, -0.2) is 78.8 Å². The Balaban J connectivity index is 1.52. The smallest absolute Gasteiger partial charge is 0.415 e. The summed E-state index contributed by atoms with van der Waals surface area (Å²) >= 11 is 0. The summed E-state index contributed by atoms with van der Waals surface area (Å²) in [6, 6.07) is 14.2. The van der Waals surface area contributed by atoms with Gasteiger partial charge >= 0.3 is 18.2 Å². The van der Waals surface area contributed by atoms with Gasteiger partial charge in [-0.3, -0.25) is 9.59 Å². The average Bonchev–Trinajstić information content (AvgIpc) is 3.00. The molecule has 0 aromatic heterocycles. The first kappa shape index (κ1) is 36.9. The highest BCUT2D eigenvalue weighted by atomic mass is 16.6. The third-order valence-electron chi connectivity index (χ3n) is 7.41. The van der Waals surface area contributed by atoms with Gasteiger partial charge in [-0.05, 0) is 69.2 Å². The fourth-order valence-electron chi connectivity index (χ4n) is 5.12. The number of nitrogens with one attached hydrogen (secondary N) is 3. The summed E-state index contributed by atoms with van der Waals surface area (Å²) in [7, 11) is 1.23. The number of methoxy groups -OCH3 is 1. The predicted octanol–water partition coefficient (Wildman–Crippen LogP) is 4.15. The van der Waals surface area contributed by atoms with Crippen LogP contribution in [0.25, 0.3) is 0 Å². The number of benzene rings is 2. The summed E-state index contributed by atoms with van der Waals surface area (Å²) in [6.07, 6.45) is 0.793. The molecule has 47 heavy (non-hydrogen) atoms. The van der Waals surface area contributed by atoms with Gasteiger partial charge in [0.15, 0.2) is 0 Å². The van der Waals surface area contributed by atoms with E-state index in [-0.39, 0.29) is 24.3 Å². The molecule has 0 spiro atoms. The van der Waals surface area contributed by atoms with Gasteiger partial charge in [-0.25, -0.2) is 14.4 Å². The van der Waals surface area contributed by atoms with Crippen molar-refractivity contribution >= 4 is 30.0 Å². The van der Waals surface area contributed by atoms with Crippen LogP contribution in [0, 0.1) is 5.92 Å². The number of piperidine rings is 1. The fourth-order valence-corrected chi connectivity index (χ4v) is 5.12. The van der Waals surface area contributed by atoms with Crippen LogP contribution in [0.15, 0.2) is 54.6 Å². The van der Waals surface area contributed by atoms with Gasteiger partial charge in [0.05, 0.1) is 13.5 Å². The minimum Gasteiger partial charge on any atom is -0.467 e. The predicted molar refractivity (Wildman–Crippen MR) is 176 cm³/mol. The fraction of sp³-hybridized carbons (Fsp3) is 0.514. The number of nitrogens with zero attached hydrogens (tertiary/aromatic N) is 1. The lowest BCUT2D eigenvalue weighted by molar-refractivity contribution is -0.145. The van der Waals surface area contributed by atoms with Gasteiger partial charge in [-0.15, -0.1) is 0 Å². The minimum absolute atomic E-state index is 0.00784. The van der Waals surface area contributed by atoms with Crippen molar-refractivity contribution in [2.24, 2.45) is 5.92 Å². The number of esters is 1. The Hall–Kier alpha value is -4.61. The van der Waals surface area contributed by atoms with Crippen LogP contribution in [-0.2, 0) is 36.7 Å². The number of hydrogen-bond acceptors (Lipinski definition) is 8. The SMILES string of the molecule is COC(=O)[C@H](Cc1ccc(OC(=O)N2CCC(NC(=O)Cc3ccccc3)CC2)cc1)NC(=O)[C@H](CC(C)C)NC(=O)OC(C)(C)C. The van der Waals surface area contributed by atoms with Crippen molar-refractivity contribution < 1.29 is 38.2 Å². The van der Waals surface area contributed by atoms with Gasteiger partial charge < -0.3 is 35.1 Å². The molecule has 3 rings (SSSR count). The zero-order valence-corrected chi connectivity index (χ0v) is 28.2. The lowest BCUT2D eigenvalue weighted by Gasteiger charge is -2.31. The second-order valence-electron chi connectivity index (χ2n) is 13.1. The highest BCUT2D eigenvalue weighted by Crippen LogP contribution is 2.18. The van der Waals surface area contributed by atoms with Crippen molar-refractivity contribution in [1.82, 2.24) is 20.9 Å². The number of rotatable bonds is 12. The van der Waals surface area contributed by atoms with E-state index in [0.29, 0.717) is 50.1 Å². The third kappa shape index (κ3) is 13.0. The van der Waals surface area contributed by atoms with Crippen LogP contribution in [0.3, 0.4) is 0 Å². The molecule has 256 valence electrons. The second kappa shape index (κ2) is 17.3. The molecule has 2 atom stereocenters. The highest BCUT2D eigenvalue weighted by molar-refractivity contribution is 5.89. The van der Waals surface area contributed by atoms with Gasteiger partial charge in [-0.1, -0.05) is 56.3 Å². The van der Waals surface area contributed by atoms with E-state index in [4.69, 9.17) is 14.2 Å². The van der Waals surface area contributed by atoms with Crippen molar-refractivity contribution in [2.45, 2.75) is 90.4 Å². The molecule has 1 heterocycles. The molecule has 1 saturated heterocycles. The number of carbonyl (C=O) groups is 5. The Morgan fingerprint density at radius 1 is 0.872 bits per heavy atom. The molecule has 0 unspecified atom stereocenters. The van der Waals surface area contributed by atoms with Crippen LogP contribution >= 0.6 is 0 Å². The van der Waals surface area contributed by atoms with E-state index in [9.17, 15) is 24.0 Å². The highest BCUT2D eigenvalue weighted by Gasteiger charge is 2.30. The molecular formula is C35H48N4O8. The van der Waals surface area contributed by atoms with Crippen LogP contribution in [0.2, 0.25) is 0 Å². The number of alkyl carbamates (subject to hydrolysis) is 1. The van der Waals surface area contributed by atoms with E-state index in [1.165, 1.54) is 7.11 Å². The zero-order valence-electron chi connectivity index (χ0n) is 28.2. The van der Waals surface area contributed by atoms with Crippen LogP contribution in [0.4, 0.5) is 9.59 Å². The van der Waals surface area contributed by atoms with E-state index in [1.54, 1.807) is 49.9 Å². The van der Waals surface area contributed by atoms with E-state index in [2.05, 4.69) is 16.0 Å². The maximum atomic E-state index is 13.2. The average molecular weight is 653 g/mol. The van der Waals surface area contributed by atoms with Crippen molar-refractivity contribution in [3.05, 3.63) is 65.7 Å². The molecule has 0 bridgehead atoms. The van der Waals surface area contributed by atoms with Crippen LogP contribution in [0.1, 0.15) is 65.0 Å². The van der Waals surface area contributed by atoms with Crippen molar-refractivity contribution in [1.29, 1.82) is 0 Å². The van der Waals surface area contributed by atoms with E-state index in [0.717, 1.165) is 5.56 Å². The van der Waals surface area contributed by atoms with Crippen molar-refractivity contribution in [3.63, 3.8) is 0 Å². The third-order valence-corrected chi connectivity index (χ3v) is 7.41. The molecular weight excluding hydrogens is 604 g/mol. The molecule has 0 saturated carbocycles.